The van der Waals surface area contributed by atoms with E-state index in [9.17, 15) is 19.2 Å². The predicted molar refractivity (Wildman–Crippen MR) is 170 cm³/mol. The summed E-state index contributed by atoms with van der Waals surface area (Å²) in [5.74, 6) is -0.554. The number of hydrogen-bond acceptors (Lipinski definition) is 6. The molecule has 0 unspecified atom stereocenters. The van der Waals surface area contributed by atoms with E-state index >= 15 is 0 Å². The van der Waals surface area contributed by atoms with Crippen molar-refractivity contribution in [3.63, 3.8) is 0 Å². The minimum Gasteiger partial charge on any atom is -0.426 e. The first-order valence-electron chi connectivity index (χ1n) is 10.9. The maximum Gasteiger partial charge on any atom is 0.336 e. The van der Waals surface area contributed by atoms with Gasteiger partial charge >= 0.3 is 11.9 Å². The molecule has 0 N–H and O–H groups in total. The van der Waals surface area contributed by atoms with Gasteiger partial charge in [-0.15, -0.1) is 0 Å². The second-order valence-corrected chi connectivity index (χ2v) is 8.87. The minimum atomic E-state index is -1.18. The molecule has 0 aliphatic rings. The van der Waals surface area contributed by atoms with Gasteiger partial charge in [0, 0.05) is 131 Å². The van der Waals surface area contributed by atoms with Crippen LogP contribution in [-0.4, -0.2) is 60.2 Å². The number of rotatable bonds is 6. The summed E-state index contributed by atoms with van der Waals surface area (Å²) in [6, 6.07) is 17.5. The second-order valence-electron chi connectivity index (χ2n) is 8.87. The summed E-state index contributed by atoms with van der Waals surface area (Å²) in [5, 5.41) is 0. The average Bonchev–Trinajstić information content (AvgIpc) is 2.85. The normalized spacial score (nSPS) is 9.35. The summed E-state index contributed by atoms with van der Waals surface area (Å²) in [4.78, 5) is 49.7. The summed E-state index contributed by atoms with van der Waals surface area (Å²) in [5.41, 5.74) is -2.17. The number of para-hydroxylation sites is 2. The van der Waals surface area contributed by atoms with Gasteiger partial charge in [-0.25, -0.2) is 4.79 Å². The van der Waals surface area contributed by atoms with Crippen LogP contribution in [0, 0.1) is 20.3 Å². The van der Waals surface area contributed by atoms with Crippen molar-refractivity contribution in [1.29, 1.82) is 0 Å². The van der Waals surface area contributed by atoms with Crippen molar-refractivity contribution in [1.82, 2.24) is 9.80 Å². The monoisotopic (exact) mass is 932 g/mol. The molecule has 12 heteroatoms. The van der Waals surface area contributed by atoms with Crippen LogP contribution >= 0.6 is 37.2 Å². The molecule has 0 bridgehead atoms. The van der Waals surface area contributed by atoms with Crippen LogP contribution in [0.5, 0.6) is 11.5 Å². The van der Waals surface area contributed by atoms with Gasteiger partial charge in [0.25, 0.3) is 0 Å². The first-order valence-corrected chi connectivity index (χ1v) is 17.1. The van der Waals surface area contributed by atoms with E-state index in [0.29, 0.717) is 11.5 Å². The van der Waals surface area contributed by atoms with E-state index in [1.807, 2.05) is 12.1 Å². The maximum atomic E-state index is 12.0. The fourth-order valence-corrected chi connectivity index (χ4v) is 2.62. The van der Waals surface area contributed by atoms with E-state index in [1.165, 1.54) is 16.7 Å². The molecule has 0 aliphatic carbocycles. The van der Waals surface area contributed by atoms with Crippen molar-refractivity contribution < 1.29 is 94.1 Å². The van der Waals surface area contributed by atoms with Gasteiger partial charge < -0.3 is 34.1 Å². The van der Waals surface area contributed by atoms with E-state index < -0.39 is 22.9 Å². The molecular formula is C28H40I2N2O6Y2-2. The van der Waals surface area contributed by atoms with Crippen molar-refractivity contribution in [2.24, 2.45) is 5.41 Å². The van der Waals surface area contributed by atoms with Crippen LogP contribution in [-0.2, 0) is 84.6 Å². The van der Waals surface area contributed by atoms with Crippen molar-refractivity contribution in [2.45, 2.75) is 40.2 Å². The smallest absolute Gasteiger partial charge is 0.336 e. The van der Waals surface area contributed by atoms with Crippen LogP contribution in [0.25, 0.3) is 0 Å². The first kappa shape index (κ1) is 49.7. The molecule has 8 nitrogen and oxygen atoms in total. The number of ether oxygens (including phenoxy) is 2. The maximum absolute atomic E-state index is 12.0. The van der Waals surface area contributed by atoms with Gasteiger partial charge in [0.1, 0.15) is 22.5 Å². The fourth-order valence-electron chi connectivity index (χ4n) is 2.62. The molecule has 2 aromatic carbocycles. The Morgan fingerprint density at radius 2 is 1.00 bits per heavy atom. The van der Waals surface area contributed by atoms with Gasteiger partial charge in [-0.05, 0) is 52.0 Å². The molecular weight excluding hydrogens is 892 g/mol. The number of carbonyl (C=O) groups is 4. The molecule has 40 heavy (non-hydrogen) atoms. The van der Waals surface area contributed by atoms with Crippen molar-refractivity contribution in [3.05, 3.63) is 75.5 Å². The van der Waals surface area contributed by atoms with Crippen LogP contribution in [0.15, 0.2) is 60.7 Å². The van der Waals surface area contributed by atoms with Gasteiger partial charge in [-0.3, -0.25) is 14.4 Å². The summed E-state index contributed by atoms with van der Waals surface area (Å²) in [6.45, 7) is 7.83. The van der Waals surface area contributed by atoms with Crippen molar-refractivity contribution in [2.75, 3.05) is 21.1 Å². The molecule has 0 spiro atoms. The van der Waals surface area contributed by atoms with Crippen LogP contribution in [0.3, 0.4) is 0 Å². The Morgan fingerprint density at radius 3 is 1.30 bits per heavy atom. The van der Waals surface area contributed by atoms with Crippen LogP contribution in [0.4, 0.5) is 0 Å². The van der Waals surface area contributed by atoms with E-state index in [4.69, 9.17) is 9.47 Å². The molecule has 2 rings (SSSR count). The van der Waals surface area contributed by atoms with E-state index in [0.717, 1.165) is 0 Å². The third-order valence-corrected chi connectivity index (χ3v) is 5.17. The number of carbonyl (C=O) groups excluding carboxylic acids is 4. The Kier molecular flexibility index (Phi) is 30.3. The number of benzene rings is 2. The fraction of sp³-hybridized carbons (Fsp3) is 0.357. The summed E-state index contributed by atoms with van der Waals surface area (Å²) in [7, 11) is 4.80. The molecule has 0 saturated carbocycles. The minimum absolute atomic E-state index is 0. The van der Waals surface area contributed by atoms with Crippen molar-refractivity contribution >= 4 is 61.0 Å². The zero-order valence-electron chi connectivity index (χ0n) is 25.0. The Balaban J connectivity index is -0.000000176. The number of nitrogens with zero attached hydrogens (tertiary/aromatic N) is 2. The quantitative estimate of drug-likeness (QED) is 0.112. The topological polar surface area (TPSA) is 93.2 Å². The van der Waals surface area contributed by atoms with Gasteiger partial charge in [0.05, 0.1) is 0 Å². The molecule has 0 fully saturated rings. The first-order chi connectivity index (χ1) is 16.7. The molecule has 2 radical (unpaired) electrons. The van der Waals surface area contributed by atoms with E-state index in [1.54, 1.807) is 97.4 Å². The molecule has 0 heterocycles. The molecule has 220 valence electrons. The van der Waals surface area contributed by atoms with Gasteiger partial charge in [0.2, 0.25) is 11.8 Å². The molecule has 2 amide bonds. The number of likely N-dealkylation sites (N-methyl/N-ethyl adjacent to an activating group) is 1. The van der Waals surface area contributed by atoms with Gasteiger partial charge in [0.15, 0.2) is 0 Å². The third-order valence-electron chi connectivity index (χ3n) is 5.17. The molecule has 2 aromatic rings. The number of esters is 2. The van der Waals surface area contributed by atoms with Gasteiger partial charge in [-0.2, -0.15) is 0 Å². The Hall–Kier alpha value is -0.0122. The van der Waals surface area contributed by atoms with Crippen LogP contribution in [0.1, 0.15) is 34.6 Å². The third kappa shape index (κ3) is 16.6. The SMILES string of the molecule is CC(=O)N(C)C(C)(C)C(=O)Oc1ccccc1.CN(C)C(=O)C(C)(C)C(=O)Oc1ccccc1.II.[CH3-].[CH3-].[Y].[Y]. The molecule has 0 aromatic heterocycles. The number of halogens is 2. The molecule has 0 saturated heterocycles. The van der Waals surface area contributed by atoms with E-state index in [2.05, 4.69) is 37.2 Å². The molecule has 0 atom stereocenters. The van der Waals surface area contributed by atoms with Crippen LogP contribution in [0.2, 0.25) is 0 Å². The summed E-state index contributed by atoms with van der Waals surface area (Å²) in [6.07, 6.45) is 0. The summed E-state index contributed by atoms with van der Waals surface area (Å²) < 4.78 is 10.4. The average molecular weight is 932 g/mol. The largest absolute Gasteiger partial charge is 0.426 e. The number of hydrogen-bond donors (Lipinski definition) is 0. The zero-order valence-corrected chi connectivity index (χ0v) is 35.0. The number of amides is 2. The molecule has 0 aliphatic heterocycles. The Labute approximate surface area is 314 Å². The van der Waals surface area contributed by atoms with Crippen molar-refractivity contribution in [3.8, 4) is 11.5 Å². The van der Waals surface area contributed by atoms with Gasteiger partial charge in [-0.1, -0.05) is 36.4 Å². The summed E-state index contributed by atoms with van der Waals surface area (Å²) >= 11 is 4.24. The Bertz CT molecular complexity index is 1010. The standard InChI is InChI=1S/2C13H17NO3.2CH3.I2.2Y/c1-13(2,11(15)14(3)4)12(16)17-10-8-6-5-7-9-10;1-10(15)14(4)13(2,3)12(16)17-11-8-6-5-7-9-11;;;1-2;;/h2*5-9H,1-4H3;2*1H3;;;/q;;2*-1;;;. The zero-order chi connectivity index (χ0) is 28.1. The van der Waals surface area contributed by atoms with Crippen LogP contribution < -0.4 is 9.47 Å². The second kappa shape index (κ2) is 24.4. The Morgan fingerprint density at radius 1 is 0.675 bits per heavy atom. The predicted octanol–water partition coefficient (Wildman–Crippen LogP) is 6.22. The van der Waals surface area contributed by atoms with E-state index in [-0.39, 0.29) is 92.1 Å².